The van der Waals surface area contributed by atoms with Crippen LogP contribution in [0.25, 0.3) is 5.65 Å². The first-order valence-electron chi connectivity index (χ1n) is 12.1. The van der Waals surface area contributed by atoms with Gasteiger partial charge in [-0.05, 0) is 64.0 Å². The van der Waals surface area contributed by atoms with E-state index in [0.717, 1.165) is 29.9 Å². The second kappa shape index (κ2) is 10.5. The average Bonchev–Trinajstić information content (AvgIpc) is 3.18. The van der Waals surface area contributed by atoms with E-state index in [9.17, 15) is 4.79 Å². The molecule has 1 atom stereocenters. The van der Waals surface area contributed by atoms with Gasteiger partial charge in [0.15, 0.2) is 5.69 Å². The Hall–Kier alpha value is -2.70. The Balaban J connectivity index is 1.54. The third-order valence-electron chi connectivity index (χ3n) is 6.94. The number of amides is 1. The minimum atomic E-state index is -0.00721. The second-order valence-electron chi connectivity index (χ2n) is 9.58. The standard InChI is InChI=1S/C27H37N5O/c1-21-11-10-17-32-24(20-29(2)19-23-14-8-9-16-30(23)3)25(28-26(21)32)27(33)31(4)18-15-22-12-6-5-7-13-22/h5-7,10-13,17,23H,8-9,14-16,18-20H2,1-4H3/t23-/m0/s1. The lowest BCUT2D eigenvalue weighted by Crippen LogP contribution is -2.43. The molecule has 176 valence electrons. The number of nitrogens with zero attached hydrogens (tertiary/aromatic N) is 5. The molecule has 6 heteroatoms. The number of likely N-dealkylation sites (N-methyl/N-ethyl adjacent to an activating group) is 3. The van der Waals surface area contributed by atoms with E-state index in [1.807, 2.05) is 42.4 Å². The van der Waals surface area contributed by atoms with E-state index in [1.165, 1.54) is 31.4 Å². The summed E-state index contributed by atoms with van der Waals surface area (Å²) in [4.78, 5) is 25.0. The van der Waals surface area contributed by atoms with Crippen molar-refractivity contribution in [2.75, 3.05) is 40.8 Å². The first-order chi connectivity index (χ1) is 15.9. The van der Waals surface area contributed by atoms with E-state index < -0.39 is 0 Å². The summed E-state index contributed by atoms with van der Waals surface area (Å²) in [5, 5.41) is 0. The van der Waals surface area contributed by atoms with E-state index in [-0.39, 0.29) is 5.91 Å². The lowest BCUT2D eigenvalue weighted by Gasteiger charge is -2.35. The number of carbonyl (C=O) groups excluding carboxylic acids is 1. The van der Waals surface area contributed by atoms with Gasteiger partial charge in [0.1, 0.15) is 5.65 Å². The first-order valence-corrected chi connectivity index (χ1v) is 12.1. The van der Waals surface area contributed by atoms with Gasteiger partial charge in [0.25, 0.3) is 5.91 Å². The van der Waals surface area contributed by atoms with Crippen LogP contribution in [0.2, 0.25) is 0 Å². The Morgan fingerprint density at radius 1 is 1.12 bits per heavy atom. The number of aromatic nitrogens is 2. The van der Waals surface area contributed by atoms with Crippen LogP contribution in [0.1, 0.15) is 46.6 Å². The topological polar surface area (TPSA) is 44.1 Å². The van der Waals surface area contributed by atoms with Crippen LogP contribution < -0.4 is 0 Å². The van der Waals surface area contributed by atoms with Gasteiger partial charge in [-0.25, -0.2) is 4.98 Å². The molecule has 0 bridgehead atoms. The van der Waals surface area contributed by atoms with Crippen LogP contribution in [-0.4, -0.2) is 76.8 Å². The molecule has 1 aromatic carbocycles. The molecule has 33 heavy (non-hydrogen) atoms. The maximum Gasteiger partial charge on any atom is 0.274 e. The summed E-state index contributed by atoms with van der Waals surface area (Å²) in [5.41, 5.74) is 4.74. The zero-order valence-electron chi connectivity index (χ0n) is 20.5. The molecule has 3 aromatic rings. The molecule has 0 saturated carbocycles. The summed E-state index contributed by atoms with van der Waals surface area (Å²) in [6, 6.07) is 15.0. The van der Waals surface area contributed by atoms with Gasteiger partial charge in [-0.15, -0.1) is 0 Å². The zero-order valence-corrected chi connectivity index (χ0v) is 20.5. The van der Waals surface area contributed by atoms with Crippen molar-refractivity contribution in [1.82, 2.24) is 24.1 Å². The molecule has 4 rings (SSSR count). The zero-order chi connectivity index (χ0) is 23.4. The summed E-state index contributed by atoms with van der Waals surface area (Å²) in [6.45, 7) is 5.58. The lowest BCUT2D eigenvalue weighted by atomic mass is 10.0. The molecular weight excluding hydrogens is 410 g/mol. The molecule has 1 aliphatic heterocycles. The molecule has 0 unspecified atom stereocenters. The highest BCUT2D eigenvalue weighted by Crippen LogP contribution is 2.21. The number of hydrogen-bond donors (Lipinski definition) is 0. The Labute approximate surface area is 197 Å². The normalized spacial score (nSPS) is 17.1. The van der Waals surface area contributed by atoms with Gasteiger partial charge < -0.3 is 14.2 Å². The van der Waals surface area contributed by atoms with Crippen molar-refractivity contribution >= 4 is 11.6 Å². The SMILES string of the molecule is Cc1cccn2c(CN(C)C[C@@H]3CCCCN3C)c(C(=O)N(C)CCc3ccccc3)nc12. The minimum absolute atomic E-state index is 0.00721. The number of fused-ring (bicyclic) bond motifs is 1. The number of imidazole rings is 1. The van der Waals surface area contributed by atoms with Gasteiger partial charge in [0.05, 0.1) is 5.69 Å². The number of piperidine rings is 1. The van der Waals surface area contributed by atoms with E-state index in [2.05, 4.69) is 53.4 Å². The molecule has 3 heterocycles. The molecule has 0 aliphatic carbocycles. The largest absolute Gasteiger partial charge is 0.340 e. The maximum absolute atomic E-state index is 13.5. The quantitative estimate of drug-likeness (QED) is 0.526. The van der Waals surface area contributed by atoms with Crippen molar-refractivity contribution in [3.05, 3.63) is 71.2 Å². The highest BCUT2D eigenvalue weighted by molar-refractivity contribution is 5.94. The third-order valence-corrected chi connectivity index (χ3v) is 6.94. The Morgan fingerprint density at radius 3 is 2.67 bits per heavy atom. The first kappa shape index (κ1) is 23.5. The third kappa shape index (κ3) is 5.45. The summed E-state index contributed by atoms with van der Waals surface area (Å²) < 4.78 is 2.11. The Bertz CT molecular complexity index is 1080. The van der Waals surface area contributed by atoms with Crippen LogP contribution in [0.4, 0.5) is 0 Å². The highest BCUT2D eigenvalue weighted by Gasteiger charge is 2.25. The van der Waals surface area contributed by atoms with Crippen molar-refractivity contribution < 1.29 is 4.79 Å². The molecule has 2 aromatic heterocycles. The summed E-state index contributed by atoms with van der Waals surface area (Å²) >= 11 is 0. The van der Waals surface area contributed by atoms with Crippen LogP contribution in [0, 0.1) is 6.92 Å². The highest BCUT2D eigenvalue weighted by atomic mass is 16.2. The predicted molar refractivity (Wildman–Crippen MR) is 134 cm³/mol. The Kier molecular flexibility index (Phi) is 7.46. The van der Waals surface area contributed by atoms with Crippen molar-refractivity contribution in [3.8, 4) is 0 Å². The molecule has 1 amide bonds. The maximum atomic E-state index is 13.5. The molecule has 0 spiro atoms. The Morgan fingerprint density at radius 2 is 1.91 bits per heavy atom. The van der Waals surface area contributed by atoms with Gasteiger partial charge in [-0.2, -0.15) is 0 Å². The predicted octanol–water partition coefficient (Wildman–Crippen LogP) is 3.87. The van der Waals surface area contributed by atoms with E-state index >= 15 is 0 Å². The fourth-order valence-electron chi connectivity index (χ4n) is 4.85. The second-order valence-corrected chi connectivity index (χ2v) is 9.58. The molecule has 1 aliphatic rings. The number of pyridine rings is 1. The molecule has 6 nitrogen and oxygen atoms in total. The monoisotopic (exact) mass is 447 g/mol. The van der Waals surface area contributed by atoms with Crippen molar-refractivity contribution in [3.63, 3.8) is 0 Å². The fourth-order valence-corrected chi connectivity index (χ4v) is 4.85. The number of carbonyl (C=O) groups is 1. The summed E-state index contributed by atoms with van der Waals surface area (Å²) in [7, 11) is 6.27. The average molecular weight is 448 g/mol. The van der Waals surface area contributed by atoms with Crippen LogP contribution in [0.5, 0.6) is 0 Å². The van der Waals surface area contributed by atoms with E-state index in [1.54, 1.807) is 0 Å². The number of rotatable bonds is 8. The van der Waals surface area contributed by atoms with Gasteiger partial charge >= 0.3 is 0 Å². The van der Waals surface area contributed by atoms with E-state index in [4.69, 9.17) is 4.98 Å². The van der Waals surface area contributed by atoms with Crippen molar-refractivity contribution in [2.24, 2.45) is 0 Å². The molecule has 1 saturated heterocycles. The van der Waals surface area contributed by atoms with Crippen LogP contribution in [-0.2, 0) is 13.0 Å². The van der Waals surface area contributed by atoms with Crippen molar-refractivity contribution in [1.29, 1.82) is 0 Å². The smallest absolute Gasteiger partial charge is 0.274 e. The fraction of sp³-hybridized carbons (Fsp3) is 0.481. The minimum Gasteiger partial charge on any atom is -0.340 e. The summed E-state index contributed by atoms with van der Waals surface area (Å²) in [5.74, 6) is -0.00721. The molecule has 0 radical (unpaired) electrons. The number of likely N-dealkylation sites (tertiary alicyclic amines) is 1. The van der Waals surface area contributed by atoms with Gasteiger partial charge in [0, 0.05) is 38.9 Å². The number of benzene rings is 1. The van der Waals surface area contributed by atoms with Gasteiger partial charge in [-0.1, -0.05) is 42.8 Å². The van der Waals surface area contributed by atoms with Crippen molar-refractivity contribution in [2.45, 2.75) is 45.2 Å². The molecular formula is C27H37N5O. The van der Waals surface area contributed by atoms with E-state index in [0.29, 0.717) is 24.8 Å². The molecule has 0 N–H and O–H groups in total. The molecule has 1 fully saturated rings. The number of hydrogen-bond acceptors (Lipinski definition) is 4. The van der Waals surface area contributed by atoms with Gasteiger partial charge in [-0.3, -0.25) is 9.69 Å². The van der Waals surface area contributed by atoms with Gasteiger partial charge in [0.2, 0.25) is 0 Å². The van der Waals surface area contributed by atoms with Crippen LogP contribution >= 0.6 is 0 Å². The summed E-state index contributed by atoms with van der Waals surface area (Å²) in [6.07, 6.45) is 6.69. The van der Waals surface area contributed by atoms with Crippen LogP contribution in [0.15, 0.2) is 48.7 Å². The van der Waals surface area contributed by atoms with Crippen LogP contribution in [0.3, 0.4) is 0 Å². The lowest BCUT2D eigenvalue weighted by molar-refractivity contribution is 0.0788. The number of aryl methyl sites for hydroxylation is 1.